The summed E-state index contributed by atoms with van der Waals surface area (Å²) in [4.78, 5) is 0. The zero-order chi connectivity index (χ0) is 11.7. The average molecular weight is 246 g/mol. The van der Waals surface area contributed by atoms with Gasteiger partial charge in [-0.1, -0.05) is 30.3 Å². The SMILES string of the molecule is S=C(NC1CC1)NC1(c2ccccc2)CCC1. The first kappa shape index (κ1) is 11.0. The second-order valence-corrected chi connectivity index (χ2v) is 5.58. The normalized spacial score (nSPS) is 21.4. The summed E-state index contributed by atoms with van der Waals surface area (Å²) in [6.45, 7) is 0. The van der Waals surface area contributed by atoms with Gasteiger partial charge in [-0.3, -0.25) is 0 Å². The number of benzene rings is 1. The Morgan fingerprint density at radius 1 is 1.18 bits per heavy atom. The Labute approximate surface area is 108 Å². The predicted octanol–water partition coefficient (Wildman–Crippen LogP) is 2.69. The monoisotopic (exact) mass is 246 g/mol. The lowest BCUT2D eigenvalue weighted by Gasteiger charge is -2.44. The highest BCUT2D eigenvalue weighted by molar-refractivity contribution is 7.80. The van der Waals surface area contributed by atoms with Crippen molar-refractivity contribution >= 4 is 17.3 Å². The van der Waals surface area contributed by atoms with Gasteiger partial charge >= 0.3 is 0 Å². The summed E-state index contributed by atoms with van der Waals surface area (Å²) in [5.41, 5.74) is 1.46. The van der Waals surface area contributed by atoms with E-state index in [1.807, 2.05) is 0 Å². The van der Waals surface area contributed by atoms with E-state index in [2.05, 4.69) is 41.0 Å². The summed E-state index contributed by atoms with van der Waals surface area (Å²) < 4.78 is 0. The van der Waals surface area contributed by atoms with Crippen LogP contribution in [0.5, 0.6) is 0 Å². The fourth-order valence-electron chi connectivity index (χ4n) is 2.44. The molecule has 2 aliphatic rings. The third kappa shape index (κ3) is 2.29. The first-order valence-electron chi connectivity index (χ1n) is 6.43. The van der Waals surface area contributed by atoms with Crippen LogP contribution in [0, 0.1) is 0 Å². The topological polar surface area (TPSA) is 24.1 Å². The summed E-state index contributed by atoms with van der Waals surface area (Å²) in [6.07, 6.45) is 6.18. The minimum absolute atomic E-state index is 0.0975. The van der Waals surface area contributed by atoms with Crippen LogP contribution in [0.1, 0.15) is 37.7 Å². The molecule has 0 amide bonds. The number of rotatable bonds is 3. The number of hydrogen-bond acceptors (Lipinski definition) is 1. The highest BCUT2D eigenvalue weighted by atomic mass is 32.1. The highest BCUT2D eigenvalue weighted by Crippen LogP contribution is 2.41. The maximum absolute atomic E-state index is 5.40. The van der Waals surface area contributed by atoms with Crippen LogP contribution in [0.15, 0.2) is 30.3 Å². The van der Waals surface area contributed by atoms with Gasteiger partial charge in [0.05, 0.1) is 5.54 Å². The van der Waals surface area contributed by atoms with E-state index in [-0.39, 0.29) is 5.54 Å². The molecule has 2 N–H and O–H groups in total. The van der Waals surface area contributed by atoms with E-state index in [1.54, 1.807) is 0 Å². The average Bonchev–Trinajstić information content (AvgIpc) is 3.08. The standard InChI is InChI=1S/C14H18N2S/c17-13(15-12-7-8-12)16-14(9-4-10-14)11-5-2-1-3-6-11/h1-3,5-6,12H,4,7-10H2,(H2,15,16,17). The minimum atomic E-state index is 0.0975. The summed E-state index contributed by atoms with van der Waals surface area (Å²) in [7, 11) is 0. The van der Waals surface area contributed by atoms with Crippen molar-refractivity contribution < 1.29 is 0 Å². The second-order valence-electron chi connectivity index (χ2n) is 5.17. The smallest absolute Gasteiger partial charge is 0.167 e. The molecule has 2 aliphatic carbocycles. The quantitative estimate of drug-likeness (QED) is 0.802. The van der Waals surface area contributed by atoms with Crippen molar-refractivity contribution in [2.45, 2.75) is 43.7 Å². The van der Waals surface area contributed by atoms with Gasteiger partial charge in [-0.25, -0.2) is 0 Å². The molecule has 0 radical (unpaired) electrons. The van der Waals surface area contributed by atoms with Crippen molar-refractivity contribution in [3.8, 4) is 0 Å². The van der Waals surface area contributed by atoms with Crippen LogP contribution in [-0.2, 0) is 5.54 Å². The van der Waals surface area contributed by atoms with E-state index >= 15 is 0 Å². The molecule has 2 nitrogen and oxygen atoms in total. The molecule has 3 rings (SSSR count). The Morgan fingerprint density at radius 3 is 2.41 bits per heavy atom. The van der Waals surface area contributed by atoms with Gasteiger partial charge in [0.1, 0.15) is 0 Å². The molecule has 1 aromatic rings. The van der Waals surface area contributed by atoms with Gasteiger partial charge in [-0.15, -0.1) is 0 Å². The molecule has 1 aromatic carbocycles. The maximum Gasteiger partial charge on any atom is 0.167 e. The van der Waals surface area contributed by atoms with Crippen LogP contribution in [0.4, 0.5) is 0 Å². The molecule has 2 fully saturated rings. The van der Waals surface area contributed by atoms with Gasteiger partial charge in [0.25, 0.3) is 0 Å². The Balaban J connectivity index is 1.71. The molecule has 0 saturated heterocycles. The van der Waals surface area contributed by atoms with Crippen molar-refractivity contribution in [1.82, 2.24) is 10.6 Å². The zero-order valence-corrected chi connectivity index (χ0v) is 10.7. The highest BCUT2D eigenvalue weighted by Gasteiger charge is 2.39. The van der Waals surface area contributed by atoms with E-state index in [4.69, 9.17) is 12.2 Å². The van der Waals surface area contributed by atoms with E-state index in [0.29, 0.717) is 6.04 Å². The number of nitrogens with one attached hydrogen (secondary N) is 2. The van der Waals surface area contributed by atoms with Crippen LogP contribution >= 0.6 is 12.2 Å². The molecular weight excluding hydrogens is 228 g/mol. The summed E-state index contributed by atoms with van der Waals surface area (Å²) >= 11 is 5.40. The van der Waals surface area contributed by atoms with E-state index in [9.17, 15) is 0 Å². The third-order valence-corrected chi connectivity index (χ3v) is 4.02. The van der Waals surface area contributed by atoms with E-state index in [1.165, 1.54) is 37.7 Å². The molecule has 2 saturated carbocycles. The van der Waals surface area contributed by atoms with Crippen molar-refractivity contribution in [2.24, 2.45) is 0 Å². The van der Waals surface area contributed by atoms with Crippen LogP contribution in [0.3, 0.4) is 0 Å². The molecule has 0 unspecified atom stereocenters. The summed E-state index contributed by atoms with van der Waals surface area (Å²) in [6, 6.07) is 11.3. The molecule has 17 heavy (non-hydrogen) atoms. The molecule has 0 atom stereocenters. The van der Waals surface area contributed by atoms with Crippen LogP contribution in [-0.4, -0.2) is 11.2 Å². The molecule has 0 spiro atoms. The molecule has 0 aromatic heterocycles. The summed E-state index contributed by atoms with van der Waals surface area (Å²) in [5.74, 6) is 0. The third-order valence-electron chi connectivity index (χ3n) is 3.80. The van der Waals surface area contributed by atoms with Crippen LogP contribution in [0.2, 0.25) is 0 Å². The van der Waals surface area contributed by atoms with Gasteiger partial charge < -0.3 is 10.6 Å². The van der Waals surface area contributed by atoms with Gasteiger partial charge in [0, 0.05) is 6.04 Å². The van der Waals surface area contributed by atoms with Crippen molar-refractivity contribution in [1.29, 1.82) is 0 Å². The Kier molecular flexibility index (Phi) is 2.79. The minimum Gasteiger partial charge on any atom is -0.360 e. The van der Waals surface area contributed by atoms with E-state index < -0.39 is 0 Å². The van der Waals surface area contributed by atoms with Gasteiger partial charge in [-0.2, -0.15) is 0 Å². The lowest BCUT2D eigenvalue weighted by atomic mass is 9.72. The van der Waals surface area contributed by atoms with Crippen molar-refractivity contribution in [3.63, 3.8) is 0 Å². The first-order chi connectivity index (χ1) is 8.28. The Morgan fingerprint density at radius 2 is 1.88 bits per heavy atom. The van der Waals surface area contributed by atoms with Gasteiger partial charge in [0.2, 0.25) is 0 Å². The fourth-order valence-corrected chi connectivity index (χ4v) is 2.80. The van der Waals surface area contributed by atoms with Gasteiger partial charge in [0.15, 0.2) is 5.11 Å². The molecule has 90 valence electrons. The van der Waals surface area contributed by atoms with E-state index in [0.717, 1.165) is 5.11 Å². The van der Waals surface area contributed by atoms with Crippen molar-refractivity contribution in [2.75, 3.05) is 0 Å². The Bertz CT molecular complexity index is 407. The second kappa shape index (κ2) is 4.30. The molecule has 0 bridgehead atoms. The first-order valence-corrected chi connectivity index (χ1v) is 6.84. The fraction of sp³-hybridized carbons (Fsp3) is 0.500. The molecule has 0 aliphatic heterocycles. The molecule has 0 heterocycles. The Hall–Kier alpha value is -1.09. The zero-order valence-electron chi connectivity index (χ0n) is 9.91. The number of thiocarbonyl (C=S) groups is 1. The lowest BCUT2D eigenvalue weighted by molar-refractivity contribution is 0.219. The van der Waals surface area contributed by atoms with Crippen LogP contribution < -0.4 is 10.6 Å². The maximum atomic E-state index is 5.40. The van der Waals surface area contributed by atoms with Crippen molar-refractivity contribution in [3.05, 3.63) is 35.9 Å². The predicted molar refractivity (Wildman–Crippen MR) is 73.9 cm³/mol. The van der Waals surface area contributed by atoms with Gasteiger partial charge in [-0.05, 0) is 49.9 Å². The largest absolute Gasteiger partial charge is 0.360 e. The molecular formula is C14H18N2S. The summed E-state index contributed by atoms with van der Waals surface area (Å²) in [5, 5.41) is 7.74. The number of hydrogen-bond donors (Lipinski definition) is 2. The lowest BCUT2D eigenvalue weighted by Crippen LogP contribution is -2.54. The van der Waals surface area contributed by atoms with Crippen LogP contribution in [0.25, 0.3) is 0 Å². The molecule has 3 heteroatoms.